The molecule has 0 spiro atoms. The molecule has 13 nitrogen and oxygen atoms in total. The Morgan fingerprint density at radius 3 is 2.52 bits per heavy atom. The predicted octanol–water partition coefficient (Wildman–Crippen LogP) is 2.22. The second-order valence-corrected chi connectivity index (χ2v) is 14.6. The van der Waals surface area contributed by atoms with Gasteiger partial charge in [-0.3, -0.25) is 10.2 Å². The zero-order chi connectivity index (χ0) is 30.9. The first-order valence-corrected chi connectivity index (χ1v) is 16.1. The standard InChI is InChI=1S/C27H43BN6O7S/c1-17(2)14-23(28-40-22-16-18-15-21(26(18,3)4)27(22,5)41-28)31-24(35)20(12-9-13-30-25(29)32-34(36)37)33-42(38,39)19-10-7-6-8-11-19/h6-8,10-11,17-18,20-23,33H,9,12-16H2,1-5H3,(H,31,35)(H3,29,30,32)/t18-,20-,21-,22+,23-,27-/m0/s1. The van der Waals surface area contributed by atoms with E-state index in [4.69, 9.17) is 14.7 Å². The number of rotatable bonds is 13. The molecule has 232 valence electrons. The van der Waals surface area contributed by atoms with Crippen LogP contribution in [0.4, 0.5) is 0 Å². The highest BCUT2D eigenvalue weighted by Gasteiger charge is 2.68. The highest BCUT2D eigenvalue weighted by Crippen LogP contribution is 2.65. The van der Waals surface area contributed by atoms with E-state index in [1.807, 2.05) is 13.8 Å². The lowest BCUT2D eigenvalue weighted by molar-refractivity contribution is -0.525. The number of amides is 1. The predicted molar refractivity (Wildman–Crippen MR) is 157 cm³/mol. The number of hydrogen-bond donors (Lipinski definition) is 5. The first-order valence-electron chi connectivity index (χ1n) is 14.6. The fourth-order valence-corrected chi connectivity index (χ4v) is 8.10. The number of sulfonamides is 1. The monoisotopic (exact) mass is 606 g/mol. The second-order valence-electron chi connectivity index (χ2n) is 12.9. The van der Waals surface area contributed by atoms with E-state index in [2.05, 4.69) is 36.1 Å². The van der Waals surface area contributed by atoms with Crippen molar-refractivity contribution in [3.63, 3.8) is 0 Å². The molecule has 1 aromatic rings. The first-order chi connectivity index (χ1) is 19.6. The molecule has 15 heteroatoms. The zero-order valence-corrected chi connectivity index (χ0v) is 25.7. The molecule has 1 saturated heterocycles. The lowest BCUT2D eigenvalue weighted by atomic mass is 9.43. The summed E-state index contributed by atoms with van der Waals surface area (Å²) in [7, 11) is -4.69. The lowest BCUT2D eigenvalue weighted by Crippen LogP contribution is -2.65. The van der Waals surface area contributed by atoms with Crippen molar-refractivity contribution in [2.24, 2.45) is 23.2 Å². The van der Waals surface area contributed by atoms with Gasteiger partial charge in [0.15, 0.2) is 5.03 Å². The summed E-state index contributed by atoms with van der Waals surface area (Å²) in [6.45, 7) is 10.9. The molecule has 1 aliphatic heterocycles. The van der Waals surface area contributed by atoms with Crippen molar-refractivity contribution in [3.05, 3.63) is 40.4 Å². The molecule has 0 radical (unpaired) electrons. The van der Waals surface area contributed by atoms with E-state index in [9.17, 15) is 23.3 Å². The number of benzene rings is 1. The summed E-state index contributed by atoms with van der Waals surface area (Å²) in [6, 6.07) is 6.64. The minimum atomic E-state index is -4.03. The van der Waals surface area contributed by atoms with Crippen LogP contribution in [0.15, 0.2) is 35.2 Å². The Labute approximate surface area is 248 Å². The molecule has 4 fully saturated rings. The van der Waals surface area contributed by atoms with E-state index in [-0.39, 0.29) is 41.7 Å². The smallest absolute Gasteiger partial charge is 0.404 e. The van der Waals surface area contributed by atoms with Crippen molar-refractivity contribution >= 4 is 29.0 Å². The molecule has 6 atom stereocenters. The van der Waals surface area contributed by atoms with Gasteiger partial charge in [-0.15, -0.1) is 0 Å². The maximum absolute atomic E-state index is 13.7. The minimum absolute atomic E-state index is 0.0256. The Morgan fingerprint density at radius 1 is 1.21 bits per heavy atom. The van der Waals surface area contributed by atoms with E-state index in [1.54, 1.807) is 23.6 Å². The number of guanidine groups is 1. The van der Waals surface area contributed by atoms with Crippen LogP contribution in [0.2, 0.25) is 0 Å². The molecule has 42 heavy (non-hydrogen) atoms. The van der Waals surface area contributed by atoms with Gasteiger partial charge in [-0.1, -0.05) is 51.3 Å². The molecule has 5 rings (SSSR count). The van der Waals surface area contributed by atoms with Gasteiger partial charge in [0.05, 0.1) is 22.5 Å². The summed E-state index contributed by atoms with van der Waals surface area (Å²) < 4.78 is 42.0. The van der Waals surface area contributed by atoms with Crippen molar-refractivity contribution in [1.82, 2.24) is 20.8 Å². The van der Waals surface area contributed by atoms with Crippen molar-refractivity contribution in [2.75, 3.05) is 6.54 Å². The third-order valence-electron chi connectivity index (χ3n) is 9.19. The van der Waals surface area contributed by atoms with Crippen molar-refractivity contribution in [3.8, 4) is 0 Å². The highest BCUT2D eigenvalue weighted by molar-refractivity contribution is 7.89. The van der Waals surface area contributed by atoms with Gasteiger partial charge in [-0.25, -0.2) is 18.5 Å². The molecule has 1 heterocycles. The van der Waals surface area contributed by atoms with Crippen LogP contribution < -0.4 is 20.8 Å². The number of nitrogens with one attached hydrogen (secondary N) is 5. The molecule has 1 aromatic carbocycles. The van der Waals surface area contributed by atoms with E-state index in [0.717, 1.165) is 12.8 Å². The van der Waals surface area contributed by atoms with Gasteiger partial charge < -0.3 is 19.9 Å². The van der Waals surface area contributed by atoms with E-state index < -0.39 is 51.6 Å². The van der Waals surface area contributed by atoms with Gasteiger partial charge in [0.1, 0.15) is 6.04 Å². The second kappa shape index (κ2) is 12.5. The Hall–Kier alpha value is -2.75. The number of carbonyl (C=O) groups is 1. The van der Waals surface area contributed by atoms with E-state index >= 15 is 0 Å². The summed E-state index contributed by atoms with van der Waals surface area (Å²) in [5.74, 6) is -0.389. The van der Waals surface area contributed by atoms with Crippen LogP contribution in [0.5, 0.6) is 0 Å². The topological polar surface area (TPSA) is 185 Å². The van der Waals surface area contributed by atoms with Crippen molar-refractivity contribution in [2.45, 2.75) is 95.3 Å². The highest BCUT2D eigenvalue weighted by atomic mass is 32.2. The van der Waals surface area contributed by atoms with Crippen LogP contribution in [-0.4, -0.2) is 62.7 Å². The van der Waals surface area contributed by atoms with Gasteiger partial charge >= 0.3 is 7.12 Å². The Morgan fingerprint density at radius 2 is 1.90 bits per heavy atom. The zero-order valence-electron chi connectivity index (χ0n) is 24.9. The molecular weight excluding hydrogens is 563 g/mol. The Balaban J connectivity index is 1.48. The maximum Gasteiger partial charge on any atom is 0.481 e. The number of nitro groups is 1. The third kappa shape index (κ3) is 6.90. The Bertz CT molecular complexity index is 1270. The third-order valence-corrected chi connectivity index (χ3v) is 10.7. The maximum atomic E-state index is 13.7. The fraction of sp³-hybridized carbons (Fsp3) is 0.704. The molecule has 4 aliphatic rings. The lowest BCUT2D eigenvalue weighted by Gasteiger charge is -2.64. The number of hydrazine groups is 1. The summed E-state index contributed by atoms with van der Waals surface area (Å²) in [6.07, 6.45) is 2.85. The fourth-order valence-electron chi connectivity index (χ4n) is 6.85. The van der Waals surface area contributed by atoms with Gasteiger partial charge in [-0.2, -0.15) is 4.72 Å². The number of hydrogen-bond acceptors (Lipinski definition) is 8. The molecule has 3 aliphatic carbocycles. The van der Waals surface area contributed by atoms with E-state index in [0.29, 0.717) is 18.3 Å². The molecule has 0 aromatic heterocycles. The van der Waals surface area contributed by atoms with Gasteiger partial charge in [0.2, 0.25) is 15.9 Å². The molecular formula is C27H43BN6O7S. The summed E-state index contributed by atoms with van der Waals surface area (Å²) in [4.78, 5) is 24.3. The number of carbonyl (C=O) groups excluding carboxylic acids is 1. The largest absolute Gasteiger partial charge is 0.481 e. The molecule has 0 unspecified atom stereocenters. The molecule has 1 amide bonds. The molecule has 3 saturated carbocycles. The van der Waals surface area contributed by atoms with E-state index in [1.165, 1.54) is 12.1 Å². The summed E-state index contributed by atoms with van der Waals surface area (Å²) >= 11 is 0. The minimum Gasteiger partial charge on any atom is -0.404 e. The van der Waals surface area contributed by atoms with Gasteiger partial charge in [0.25, 0.3) is 5.96 Å². The van der Waals surface area contributed by atoms with Crippen LogP contribution >= 0.6 is 0 Å². The molecule has 2 bridgehead atoms. The average Bonchev–Trinajstić information content (AvgIpc) is 3.27. The number of nitrogens with zero attached hydrogens (tertiary/aromatic N) is 1. The van der Waals surface area contributed by atoms with Crippen LogP contribution in [0.1, 0.15) is 66.7 Å². The molecule has 5 N–H and O–H groups in total. The van der Waals surface area contributed by atoms with Gasteiger partial charge in [0, 0.05) is 6.54 Å². The van der Waals surface area contributed by atoms with Crippen molar-refractivity contribution in [1.29, 1.82) is 5.41 Å². The van der Waals surface area contributed by atoms with Crippen LogP contribution in [0, 0.1) is 38.7 Å². The Kier molecular flexibility index (Phi) is 9.55. The van der Waals surface area contributed by atoms with Crippen molar-refractivity contribution < 1.29 is 27.6 Å². The average molecular weight is 607 g/mol. The quantitative estimate of drug-likeness (QED) is 0.0561. The van der Waals surface area contributed by atoms with Crippen LogP contribution in [-0.2, 0) is 24.1 Å². The summed E-state index contributed by atoms with van der Waals surface area (Å²) in [5.41, 5.74) is 1.41. The van der Waals surface area contributed by atoms with Crippen LogP contribution in [0.3, 0.4) is 0 Å². The van der Waals surface area contributed by atoms with Crippen LogP contribution in [0.25, 0.3) is 0 Å². The van der Waals surface area contributed by atoms with Gasteiger partial charge in [-0.05, 0) is 74.3 Å². The first kappa shape index (κ1) is 32.2. The normalized spacial score (nSPS) is 27.4. The summed E-state index contributed by atoms with van der Waals surface area (Å²) in [5, 5.41) is 22.8. The SMILES string of the molecule is CC(C)C[C@H](NC(=O)[C@H](CCCNC(=N)N[N+](=O)[O-])NS(=O)(=O)c1ccccc1)B1O[C@@H]2C[C@@H]3C[C@@H](C3(C)C)[C@]2(C)O1.